The van der Waals surface area contributed by atoms with Crippen LogP contribution in [0.15, 0.2) is 85.1 Å². The van der Waals surface area contributed by atoms with Gasteiger partial charge in [-0.1, -0.05) is 318 Å². The first-order chi connectivity index (χ1) is 40.0. The Morgan fingerprint density at radius 2 is 0.506 bits per heavy atom. The summed E-state index contributed by atoms with van der Waals surface area (Å²) in [5.41, 5.74) is 0. The van der Waals surface area contributed by atoms with Gasteiger partial charge in [-0.3, -0.25) is 14.4 Å². The van der Waals surface area contributed by atoms with Crippen LogP contribution in [0.25, 0.3) is 0 Å². The minimum atomic E-state index is -0.808. The van der Waals surface area contributed by atoms with Crippen molar-refractivity contribution in [3.05, 3.63) is 85.1 Å². The topological polar surface area (TPSA) is 78.9 Å². The van der Waals surface area contributed by atoms with Crippen molar-refractivity contribution in [1.29, 1.82) is 0 Å². The first-order valence-electron chi connectivity index (χ1n) is 35.1. The molecule has 0 aliphatic rings. The molecule has 0 aromatic rings. The number of hydrogen-bond donors (Lipinski definition) is 0. The highest BCUT2D eigenvalue weighted by Gasteiger charge is 2.19. The second-order valence-electron chi connectivity index (χ2n) is 23.4. The van der Waals surface area contributed by atoms with Gasteiger partial charge in [0.1, 0.15) is 13.2 Å². The molecular weight excluding hydrogens is 997 g/mol. The third-order valence-corrected chi connectivity index (χ3v) is 15.4. The molecule has 0 radical (unpaired) electrons. The predicted octanol–water partition coefficient (Wildman–Crippen LogP) is 24.2. The third kappa shape index (κ3) is 67.3. The number of ether oxygens (including phenoxy) is 3. The molecule has 0 aromatic heterocycles. The molecule has 0 spiro atoms. The SMILES string of the molecule is CC/C=C\C/C=C\C/C=C\C/C=C\CCC(=O)OCC(COC(=O)CCCCCCCCCCCCCCCCCCCCC/C=C\CCCCCCCCCC)OC(=O)CCCCCCCCCCC/C=C\C/C=C\CCCCC. The predicted molar refractivity (Wildman–Crippen MR) is 353 cm³/mol. The summed E-state index contributed by atoms with van der Waals surface area (Å²) in [6.07, 6.45) is 92.1. The van der Waals surface area contributed by atoms with Crippen LogP contribution in [0, 0.1) is 0 Å². The number of esters is 3. The molecule has 81 heavy (non-hydrogen) atoms. The zero-order chi connectivity index (χ0) is 58.5. The van der Waals surface area contributed by atoms with E-state index in [0.29, 0.717) is 19.3 Å². The number of hydrogen-bond acceptors (Lipinski definition) is 6. The van der Waals surface area contributed by atoms with Gasteiger partial charge in [-0.15, -0.1) is 0 Å². The van der Waals surface area contributed by atoms with Crippen LogP contribution in [0.5, 0.6) is 0 Å². The van der Waals surface area contributed by atoms with E-state index in [0.717, 1.165) is 70.6 Å². The van der Waals surface area contributed by atoms with Gasteiger partial charge < -0.3 is 14.2 Å². The summed E-state index contributed by atoms with van der Waals surface area (Å²) < 4.78 is 16.9. The highest BCUT2D eigenvalue weighted by Crippen LogP contribution is 2.18. The van der Waals surface area contributed by atoms with Gasteiger partial charge in [0, 0.05) is 19.3 Å². The van der Waals surface area contributed by atoms with Crippen molar-refractivity contribution in [2.75, 3.05) is 13.2 Å². The van der Waals surface area contributed by atoms with Gasteiger partial charge in [-0.2, -0.15) is 0 Å². The van der Waals surface area contributed by atoms with Crippen molar-refractivity contribution in [2.45, 2.75) is 361 Å². The smallest absolute Gasteiger partial charge is 0.306 e. The van der Waals surface area contributed by atoms with Crippen molar-refractivity contribution < 1.29 is 28.6 Å². The van der Waals surface area contributed by atoms with Crippen LogP contribution in [0.2, 0.25) is 0 Å². The van der Waals surface area contributed by atoms with Crippen LogP contribution >= 0.6 is 0 Å². The molecule has 0 heterocycles. The molecule has 0 aromatic carbocycles. The average molecular weight is 1130 g/mol. The molecule has 0 saturated heterocycles. The molecule has 0 aliphatic heterocycles. The quantitative estimate of drug-likeness (QED) is 0.0261. The molecule has 1 unspecified atom stereocenters. The van der Waals surface area contributed by atoms with E-state index in [4.69, 9.17) is 14.2 Å². The summed E-state index contributed by atoms with van der Waals surface area (Å²) in [4.78, 5) is 38.3. The standard InChI is InChI=1S/C75H132O6/c1-4-7-10-13-16-19-22-25-27-29-31-32-33-34-35-36-37-38-39-40-41-42-44-45-47-50-53-56-59-62-65-68-74(77)80-71-72(70-79-73(76)67-64-61-58-55-52-49-24-21-18-15-12-9-6-3)81-75(78)69-66-63-60-57-54-51-48-46-43-30-28-26-23-20-17-14-11-8-5-2/h9,12,17-18,20-21,26,28-29,31,49,52,58,61,72H,4-8,10-11,13-16,19,22-25,27,30,32-48,50-51,53-57,59-60,62-71H2,1-3H3/b12-9-,20-17-,21-18-,28-26-,31-29-,52-49-,61-58-. The molecule has 468 valence electrons. The maximum Gasteiger partial charge on any atom is 0.306 e. The molecule has 0 amide bonds. The van der Waals surface area contributed by atoms with Crippen LogP contribution in [-0.4, -0.2) is 37.2 Å². The molecular formula is C75H132O6. The van der Waals surface area contributed by atoms with E-state index < -0.39 is 6.10 Å². The fourth-order valence-electron chi connectivity index (χ4n) is 10.1. The largest absolute Gasteiger partial charge is 0.462 e. The number of carbonyl (C=O) groups excluding carboxylic acids is 3. The maximum absolute atomic E-state index is 12.9. The number of rotatable bonds is 64. The summed E-state index contributed by atoms with van der Waals surface area (Å²) in [6.45, 7) is 6.47. The summed E-state index contributed by atoms with van der Waals surface area (Å²) in [7, 11) is 0. The molecule has 6 heteroatoms. The Morgan fingerprint density at radius 3 is 0.864 bits per heavy atom. The summed E-state index contributed by atoms with van der Waals surface area (Å²) in [5, 5.41) is 0. The molecule has 0 saturated carbocycles. The van der Waals surface area contributed by atoms with E-state index in [2.05, 4.69) is 99.8 Å². The highest BCUT2D eigenvalue weighted by atomic mass is 16.6. The second-order valence-corrected chi connectivity index (χ2v) is 23.4. The van der Waals surface area contributed by atoms with Crippen molar-refractivity contribution in [2.24, 2.45) is 0 Å². The Hall–Kier alpha value is -3.41. The summed E-state index contributed by atoms with van der Waals surface area (Å²) in [5.74, 6) is -0.972. The molecule has 1 atom stereocenters. The van der Waals surface area contributed by atoms with Gasteiger partial charge in [0.25, 0.3) is 0 Å². The van der Waals surface area contributed by atoms with Gasteiger partial charge in [0.15, 0.2) is 6.10 Å². The Bertz CT molecular complexity index is 1530. The molecule has 0 rings (SSSR count). The molecule has 0 fully saturated rings. The third-order valence-electron chi connectivity index (χ3n) is 15.4. The minimum absolute atomic E-state index is 0.0976. The van der Waals surface area contributed by atoms with E-state index in [1.165, 1.54) is 238 Å². The normalized spacial score (nSPS) is 12.6. The molecule has 6 nitrogen and oxygen atoms in total. The maximum atomic E-state index is 12.9. The highest BCUT2D eigenvalue weighted by molar-refractivity contribution is 5.71. The minimum Gasteiger partial charge on any atom is -0.462 e. The van der Waals surface area contributed by atoms with E-state index in [1.807, 2.05) is 6.08 Å². The van der Waals surface area contributed by atoms with Crippen molar-refractivity contribution >= 4 is 17.9 Å². The summed E-state index contributed by atoms with van der Waals surface area (Å²) in [6, 6.07) is 0. The average Bonchev–Trinajstić information content (AvgIpc) is 3.46. The van der Waals surface area contributed by atoms with E-state index in [9.17, 15) is 14.4 Å². The van der Waals surface area contributed by atoms with E-state index >= 15 is 0 Å². The lowest BCUT2D eigenvalue weighted by molar-refractivity contribution is -0.166. The fourth-order valence-corrected chi connectivity index (χ4v) is 10.1. The fraction of sp³-hybridized carbons (Fsp3) is 0.773. The summed E-state index contributed by atoms with van der Waals surface area (Å²) >= 11 is 0. The Balaban J connectivity index is 4.21. The number of unbranched alkanes of at least 4 members (excludes halogenated alkanes) is 39. The van der Waals surface area contributed by atoms with Crippen LogP contribution in [0.1, 0.15) is 355 Å². The second kappa shape index (κ2) is 69.1. The zero-order valence-corrected chi connectivity index (χ0v) is 53.8. The van der Waals surface area contributed by atoms with Gasteiger partial charge in [-0.25, -0.2) is 0 Å². The monoisotopic (exact) mass is 1130 g/mol. The van der Waals surface area contributed by atoms with Gasteiger partial charge in [0.2, 0.25) is 0 Å². The zero-order valence-electron chi connectivity index (χ0n) is 53.8. The van der Waals surface area contributed by atoms with E-state index in [-0.39, 0.29) is 37.5 Å². The molecule has 0 aliphatic carbocycles. The Kier molecular flexibility index (Phi) is 66.2. The lowest BCUT2D eigenvalue weighted by Gasteiger charge is -2.18. The Labute approximate surface area is 503 Å². The van der Waals surface area contributed by atoms with Gasteiger partial charge in [-0.05, 0) is 103 Å². The van der Waals surface area contributed by atoms with Crippen LogP contribution in [-0.2, 0) is 28.6 Å². The van der Waals surface area contributed by atoms with Crippen LogP contribution in [0.3, 0.4) is 0 Å². The van der Waals surface area contributed by atoms with Crippen LogP contribution < -0.4 is 0 Å². The van der Waals surface area contributed by atoms with Gasteiger partial charge in [0.05, 0.1) is 0 Å². The number of carbonyl (C=O) groups is 3. The van der Waals surface area contributed by atoms with Gasteiger partial charge >= 0.3 is 17.9 Å². The van der Waals surface area contributed by atoms with Crippen molar-refractivity contribution in [3.8, 4) is 0 Å². The molecule has 0 N–H and O–H groups in total. The lowest BCUT2D eigenvalue weighted by Crippen LogP contribution is -2.30. The van der Waals surface area contributed by atoms with Crippen molar-refractivity contribution in [1.82, 2.24) is 0 Å². The first-order valence-corrected chi connectivity index (χ1v) is 35.1. The first kappa shape index (κ1) is 77.6. The van der Waals surface area contributed by atoms with Crippen LogP contribution in [0.4, 0.5) is 0 Å². The van der Waals surface area contributed by atoms with E-state index in [1.54, 1.807) is 0 Å². The van der Waals surface area contributed by atoms with Crippen molar-refractivity contribution in [3.63, 3.8) is 0 Å². The lowest BCUT2D eigenvalue weighted by atomic mass is 10.0. The number of allylic oxidation sites excluding steroid dienone is 14. The molecule has 0 bridgehead atoms. The Morgan fingerprint density at radius 1 is 0.259 bits per heavy atom.